The van der Waals surface area contributed by atoms with Crippen LogP contribution in [0.4, 0.5) is 0 Å². The van der Waals surface area contributed by atoms with E-state index in [2.05, 4.69) is 66.9 Å². The molecule has 0 aliphatic rings. The number of hydrogen-bond donors (Lipinski definition) is 0. The van der Waals surface area contributed by atoms with E-state index in [0.717, 1.165) is 0 Å². The van der Waals surface area contributed by atoms with Crippen LogP contribution in [0.3, 0.4) is 0 Å². The van der Waals surface area contributed by atoms with Crippen LogP contribution in [0, 0.1) is 0 Å². The number of halogens is 2. The Hall–Kier alpha value is 1.71. The van der Waals surface area contributed by atoms with E-state index in [1.165, 1.54) is 0 Å². The monoisotopic (exact) mass is 392 g/mol. The molecule has 0 spiro atoms. The van der Waals surface area contributed by atoms with E-state index in [4.69, 9.17) is 19.9 Å². The van der Waals surface area contributed by atoms with Gasteiger partial charge in [-0.2, -0.15) is 0 Å². The van der Waals surface area contributed by atoms with Crippen molar-refractivity contribution in [1.29, 1.82) is 0 Å². The second-order valence-corrected chi connectivity index (χ2v) is 28.8. The summed E-state index contributed by atoms with van der Waals surface area (Å²) in [6, 6.07) is 0. The van der Waals surface area contributed by atoms with Crippen LogP contribution in [0.15, 0.2) is 0 Å². The van der Waals surface area contributed by atoms with E-state index >= 15 is 0 Å². The van der Waals surface area contributed by atoms with Crippen LogP contribution in [0.25, 0.3) is 0 Å². The predicted molar refractivity (Wildman–Crippen MR) is 91.2 cm³/mol. The first kappa shape index (κ1) is 18.7. The van der Waals surface area contributed by atoms with E-state index in [1.54, 1.807) is 0 Å². The summed E-state index contributed by atoms with van der Waals surface area (Å²) < 4.78 is 5.13. The molecule has 0 N–H and O–H groups in total. The van der Waals surface area contributed by atoms with Gasteiger partial charge in [-0.1, -0.05) is 0 Å². The first-order chi connectivity index (χ1) is 7.19. The maximum atomic E-state index is 6.41. The maximum absolute atomic E-state index is 6.41. The summed E-state index contributed by atoms with van der Waals surface area (Å²) in [5.41, 5.74) is 0. The van der Waals surface area contributed by atoms with Gasteiger partial charge in [0.15, 0.2) is 0 Å². The molecule has 2 nitrogen and oxygen atoms in total. The molecule has 0 aromatic rings. The fourth-order valence-electron chi connectivity index (χ4n) is 2.17. The van der Waals surface area contributed by atoms with Gasteiger partial charge in [0.1, 0.15) is 0 Å². The third-order valence-corrected chi connectivity index (χ3v) is 20.3. The van der Waals surface area contributed by atoms with Gasteiger partial charge in [-0.25, -0.2) is 0 Å². The van der Waals surface area contributed by atoms with Crippen LogP contribution < -0.4 is 0 Å². The van der Waals surface area contributed by atoms with E-state index in [1.807, 2.05) is 0 Å². The Morgan fingerprint density at radius 1 is 0.647 bits per heavy atom. The Balaban J connectivity index is 5.58. The van der Waals surface area contributed by atoms with Gasteiger partial charge in [0.05, 0.1) is 0 Å². The molecule has 8 heteroatoms. The Labute approximate surface area is 124 Å². The minimum atomic E-state index is -1.90. The molecule has 0 amide bonds. The second kappa shape index (κ2) is 6.00. The molecular formula is C9H27AsCl2N2Si3. The summed E-state index contributed by atoms with van der Waals surface area (Å²) in [5, 5.41) is 0. The zero-order valence-electron chi connectivity index (χ0n) is 12.6. The van der Waals surface area contributed by atoms with Gasteiger partial charge in [0.2, 0.25) is 0 Å². The standard InChI is InChI=1S/C9H27AsCl2N2Si3/c1-15(2,3)13(10(11)12)14(16(4,5)6)17(7,8)9/h1-9H3. The predicted octanol–water partition coefficient (Wildman–Crippen LogP) is 4.47. The Kier molecular flexibility index (Phi) is 6.60. The Bertz CT molecular complexity index is 244. The van der Waals surface area contributed by atoms with E-state index < -0.39 is 37.7 Å². The van der Waals surface area contributed by atoms with Crippen LogP contribution in [-0.4, -0.2) is 45.6 Å². The second-order valence-electron chi connectivity index (χ2n) is 7.33. The van der Waals surface area contributed by atoms with Crippen molar-refractivity contribution in [2.75, 3.05) is 0 Å². The first-order valence-electron chi connectivity index (χ1n) is 5.91. The molecule has 0 aromatic heterocycles. The van der Waals surface area contributed by atoms with Crippen molar-refractivity contribution < 1.29 is 0 Å². The average Bonchev–Trinajstić information content (AvgIpc) is 1.91. The zero-order chi connectivity index (χ0) is 14.2. The van der Waals surface area contributed by atoms with Crippen LogP contribution in [0.1, 0.15) is 0 Å². The van der Waals surface area contributed by atoms with E-state index in [-0.39, 0.29) is 0 Å². The number of nitrogens with zero attached hydrogens (tertiary/aromatic N) is 2. The molecule has 0 aromatic carbocycles. The van der Waals surface area contributed by atoms with Gasteiger partial charge < -0.3 is 0 Å². The zero-order valence-corrected chi connectivity index (χ0v) is 19.0. The number of hydrazine groups is 1. The summed E-state index contributed by atoms with van der Waals surface area (Å²) in [5.74, 6) is 0. The van der Waals surface area contributed by atoms with Crippen molar-refractivity contribution in [3.05, 3.63) is 0 Å². The van der Waals surface area contributed by atoms with Gasteiger partial charge in [-0.3, -0.25) is 0 Å². The molecule has 0 saturated heterocycles. The molecule has 104 valence electrons. The topological polar surface area (TPSA) is 6.48 Å². The molecule has 0 unspecified atom stereocenters. The molecule has 17 heavy (non-hydrogen) atoms. The van der Waals surface area contributed by atoms with Gasteiger partial charge >= 0.3 is 124 Å². The van der Waals surface area contributed by atoms with Crippen LogP contribution in [-0.2, 0) is 0 Å². The van der Waals surface area contributed by atoms with Crippen LogP contribution in [0.5, 0.6) is 0 Å². The summed E-state index contributed by atoms with van der Waals surface area (Å²) in [6.07, 6.45) is 0. The molecule has 0 fully saturated rings. The van der Waals surface area contributed by atoms with Crippen molar-refractivity contribution >= 4 is 57.6 Å². The quantitative estimate of drug-likeness (QED) is 0.502. The van der Waals surface area contributed by atoms with Crippen molar-refractivity contribution in [2.45, 2.75) is 58.9 Å². The summed E-state index contributed by atoms with van der Waals surface area (Å²) in [4.78, 5) is 0. The van der Waals surface area contributed by atoms with E-state index in [0.29, 0.717) is 0 Å². The van der Waals surface area contributed by atoms with Crippen molar-refractivity contribution in [2.24, 2.45) is 0 Å². The molecule has 0 rings (SSSR count). The van der Waals surface area contributed by atoms with Crippen molar-refractivity contribution in [1.82, 2.24) is 7.93 Å². The van der Waals surface area contributed by atoms with Crippen molar-refractivity contribution in [3.8, 4) is 0 Å². The van der Waals surface area contributed by atoms with Crippen molar-refractivity contribution in [3.63, 3.8) is 0 Å². The molecule has 0 atom stereocenters. The number of rotatable bonds is 5. The van der Waals surface area contributed by atoms with Gasteiger partial charge in [0, 0.05) is 0 Å². The van der Waals surface area contributed by atoms with Crippen LogP contribution in [0.2, 0.25) is 58.9 Å². The van der Waals surface area contributed by atoms with Crippen LogP contribution >= 0.6 is 19.9 Å². The minimum absolute atomic E-state index is 1.43. The van der Waals surface area contributed by atoms with Gasteiger partial charge in [0.25, 0.3) is 0 Å². The summed E-state index contributed by atoms with van der Waals surface area (Å²) in [7, 11) is 8.45. The molecule has 0 aliphatic heterocycles. The fraction of sp³-hybridized carbons (Fsp3) is 1.00. The third kappa shape index (κ3) is 5.69. The molecule has 0 heterocycles. The molecule has 0 radical (unpaired) electrons. The Morgan fingerprint density at radius 2 is 0.941 bits per heavy atom. The average molecular weight is 393 g/mol. The normalized spacial score (nSPS) is 15.2. The summed E-state index contributed by atoms with van der Waals surface area (Å²) >= 11 is -1.90. The first-order valence-corrected chi connectivity index (χ1v) is 22.0. The SMILES string of the molecule is C[Si](C)(C)N(N([Si](C)(C)C)[Si](C)(C)C)[As](Cl)Cl. The fourth-order valence-corrected chi connectivity index (χ4v) is 32.4. The summed E-state index contributed by atoms with van der Waals surface area (Å²) in [6.45, 7) is 21.4. The van der Waals surface area contributed by atoms with E-state index in [9.17, 15) is 0 Å². The number of hydrogen-bond acceptors (Lipinski definition) is 2. The third-order valence-electron chi connectivity index (χ3n) is 2.20. The molecular weight excluding hydrogens is 366 g/mol. The Morgan fingerprint density at radius 3 is 1.00 bits per heavy atom. The van der Waals surface area contributed by atoms with Gasteiger partial charge in [-0.05, 0) is 0 Å². The molecule has 0 saturated carbocycles. The molecule has 0 bridgehead atoms. The van der Waals surface area contributed by atoms with Gasteiger partial charge in [-0.15, -0.1) is 0 Å². The molecule has 0 aliphatic carbocycles.